The van der Waals surface area contributed by atoms with Crippen molar-refractivity contribution in [1.82, 2.24) is 9.97 Å². The van der Waals surface area contributed by atoms with Gasteiger partial charge in [-0.25, -0.2) is 13.8 Å². The summed E-state index contributed by atoms with van der Waals surface area (Å²) >= 11 is 1.03. The molecule has 1 saturated carbocycles. The quantitative estimate of drug-likeness (QED) is 0.582. The molecule has 5 nitrogen and oxygen atoms in total. The van der Waals surface area contributed by atoms with E-state index in [0.717, 1.165) is 41.9 Å². The van der Waals surface area contributed by atoms with E-state index in [-0.39, 0.29) is 40.2 Å². The number of hydrogen-bond donors (Lipinski definition) is 1. The van der Waals surface area contributed by atoms with Gasteiger partial charge in [-0.2, -0.15) is 0 Å². The Morgan fingerprint density at radius 2 is 2.03 bits per heavy atom. The molecule has 0 unspecified atom stereocenters. The Balaban J connectivity index is 1.38. The van der Waals surface area contributed by atoms with E-state index in [1.807, 2.05) is 6.07 Å². The van der Waals surface area contributed by atoms with Crippen molar-refractivity contribution in [2.45, 2.75) is 49.9 Å². The van der Waals surface area contributed by atoms with E-state index in [1.54, 1.807) is 12.4 Å². The third-order valence-electron chi connectivity index (χ3n) is 5.90. The molecule has 8 heteroatoms. The fourth-order valence-electron chi connectivity index (χ4n) is 4.19. The molecule has 1 saturated heterocycles. The van der Waals surface area contributed by atoms with E-state index < -0.39 is 17.7 Å². The van der Waals surface area contributed by atoms with Gasteiger partial charge in [0.25, 0.3) is 0 Å². The molecule has 0 radical (unpaired) electrons. The van der Waals surface area contributed by atoms with Gasteiger partial charge >= 0.3 is 0 Å². The maximum absolute atomic E-state index is 14.1. The van der Waals surface area contributed by atoms with Crippen LogP contribution in [0.15, 0.2) is 42.0 Å². The fourth-order valence-corrected chi connectivity index (χ4v) is 5.06. The molecule has 1 aliphatic heterocycles. The Kier molecular flexibility index (Phi) is 5.16. The molecule has 1 N–H and O–H groups in total. The Bertz CT molecular complexity index is 1130. The summed E-state index contributed by atoms with van der Waals surface area (Å²) in [5.41, 5.74) is 1.23. The first-order chi connectivity index (χ1) is 14.9. The van der Waals surface area contributed by atoms with Crippen LogP contribution < -0.4 is 0 Å². The molecule has 2 atom stereocenters. The van der Waals surface area contributed by atoms with Gasteiger partial charge in [-0.3, -0.25) is 9.78 Å². The maximum atomic E-state index is 14.1. The third-order valence-corrected chi connectivity index (χ3v) is 6.76. The fraction of sp³-hybridized carbons (Fsp3) is 0.348. The zero-order valence-corrected chi connectivity index (χ0v) is 17.4. The summed E-state index contributed by atoms with van der Waals surface area (Å²) in [5, 5.41) is 11.9. The lowest BCUT2D eigenvalue weighted by atomic mass is 9.91. The molecule has 5 rings (SSSR count). The maximum Gasteiger partial charge on any atom is 0.186 e. The highest BCUT2D eigenvalue weighted by Gasteiger charge is 2.50. The highest BCUT2D eigenvalue weighted by Crippen LogP contribution is 2.51. The standard InChI is InChI=1S/C23H20F2N2O3S/c24-16-2-1-3-17(25)21(16)22-27-18(12-31-22)19(29)8-13-11-26-7-4-15(13)20-9-14(28)10-23(30-20)5-6-23/h1-4,7,11-12,14,20,28H,5-6,8-10H2/t14-,20-/m0/s1. The summed E-state index contributed by atoms with van der Waals surface area (Å²) in [6, 6.07) is 5.43. The number of aliphatic hydroxyl groups excluding tert-OH is 1. The van der Waals surface area contributed by atoms with Crippen molar-refractivity contribution < 1.29 is 23.4 Å². The first-order valence-corrected chi connectivity index (χ1v) is 11.0. The van der Waals surface area contributed by atoms with Crippen LogP contribution in [0.25, 0.3) is 10.6 Å². The summed E-state index contributed by atoms with van der Waals surface area (Å²) in [7, 11) is 0. The number of thiazole rings is 1. The minimum Gasteiger partial charge on any atom is -0.393 e. The van der Waals surface area contributed by atoms with E-state index in [0.29, 0.717) is 18.4 Å². The van der Waals surface area contributed by atoms with Crippen molar-refractivity contribution in [3.63, 3.8) is 0 Å². The lowest BCUT2D eigenvalue weighted by Crippen LogP contribution is -2.33. The molecule has 1 aliphatic carbocycles. The number of carbonyl (C=O) groups excluding carboxylic acids is 1. The van der Waals surface area contributed by atoms with Crippen LogP contribution in [0.5, 0.6) is 0 Å². The highest BCUT2D eigenvalue weighted by molar-refractivity contribution is 7.13. The Labute approximate surface area is 181 Å². The molecular formula is C23H20F2N2O3S. The van der Waals surface area contributed by atoms with Gasteiger partial charge in [-0.15, -0.1) is 11.3 Å². The van der Waals surface area contributed by atoms with E-state index in [4.69, 9.17) is 4.74 Å². The van der Waals surface area contributed by atoms with Crippen molar-refractivity contribution in [3.8, 4) is 10.6 Å². The van der Waals surface area contributed by atoms with Crippen LogP contribution in [0.4, 0.5) is 8.78 Å². The van der Waals surface area contributed by atoms with E-state index in [2.05, 4.69) is 9.97 Å². The lowest BCUT2D eigenvalue weighted by molar-refractivity contribution is -0.113. The van der Waals surface area contributed by atoms with Crippen molar-refractivity contribution in [1.29, 1.82) is 0 Å². The zero-order chi connectivity index (χ0) is 21.6. The monoisotopic (exact) mass is 442 g/mol. The van der Waals surface area contributed by atoms with Gasteiger partial charge in [0.1, 0.15) is 22.3 Å². The van der Waals surface area contributed by atoms with Gasteiger partial charge in [0, 0.05) is 37.0 Å². The van der Waals surface area contributed by atoms with Crippen molar-refractivity contribution >= 4 is 17.1 Å². The van der Waals surface area contributed by atoms with Crippen molar-refractivity contribution in [3.05, 3.63) is 70.5 Å². The Hall–Kier alpha value is -2.55. The van der Waals surface area contributed by atoms with Gasteiger partial charge in [-0.1, -0.05) is 6.07 Å². The Morgan fingerprint density at radius 3 is 2.77 bits per heavy atom. The number of rotatable bonds is 5. The van der Waals surface area contributed by atoms with Gasteiger partial charge in [0.05, 0.1) is 23.4 Å². The first kappa shape index (κ1) is 20.4. The second-order valence-electron chi connectivity index (χ2n) is 8.19. The number of hydrogen-bond acceptors (Lipinski definition) is 6. The largest absolute Gasteiger partial charge is 0.393 e. The number of ether oxygens (including phenoxy) is 1. The van der Waals surface area contributed by atoms with Crippen LogP contribution in [-0.4, -0.2) is 32.6 Å². The second-order valence-corrected chi connectivity index (χ2v) is 9.05. The number of aromatic nitrogens is 2. The minimum absolute atomic E-state index is 0.0368. The van der Waals surface area contributed by atoms with Crippen molar-refractivity contribution in [2.75, 3.05) is 0 Å². The normalized spacial score (nSPS) is 21.9. The summed E-state index contributed by atoms with van der Waals surface area (Å²) in [5.74, 6) is -1.71. The molecular weight excluding hydrogens is 422 g/mol. The van der Waals surface area contributed by atoms with Gasteiger partial charge < -0.3 is 9.84 Å². The zero-order valence-electron chi connectivity index (χ0n) is 16.6. The van der Waals surface area contributed by atoms with Crippen LogP contribution in [-0.2, 0) is 11.2 Å². The number of nitrogens with zero attached hydrogens (tertiary/aromatic N) is 2. The third kappa shape index (κ3) is 4.03. The molecule has 0 bridgehead atoms. The molecule has 2 aliphatic rings. The minimum atomic E-state index is -0.718. The van der Waals surface area contributed by atoms with Crippen LogP contribution in [0.2, 0.25) is 0 Å². The smallest absolute Gasteiger partial charge is 0.186 e. The van der Waals surface area contributed by atoms with Gasteiger partial charge in [0.15, 0.2) is 5.78 Å². The summed E-state index contributed by atoms with van der Waals surface area (Å²) in [6.07, 6.45) is 5.58. The summed E-state index contributed by atoms with van der Waals surface area (Å²) in [6.45, 7) is 0. The Morgan fingerprint density at radius 1 is 1.26 bits per heavy atom. The second kappa shape index (κ2) is 7.85. The molecule has 1 aromatic carbocycles. The number of benzene rings is 1. The molecule has 31 heavy (non-hydrogen) atoms. The number of ketones is 1. The molecule has 1 spiro atoms. The van der Waals surface area contributed by atoms with Crippen LogP contribution >= 0.6 is 11.3 Å². The average Bonchev–Trinajstić information content (AvgIpc) is 3.28. The number of carbonyl (C=O) groups is 1. The number of halogens is 2. The molecule has 2 fully saturated rings. The first-order valence-electron chi connectivity index (χ1n) is 10.2. The van der Waals surface area contributed by atoms with Gasteiger partial charge in [-0.05, 0) is 42.2 Å². The van der Waals surface area contributed by atoms with Gasteiger partial charge in [0.2, 0.25) is 0 Å². The summed E-state index contributed by atoms with van der Waals surface area (Å²) in [4.78, 5) is 21.2. The summed E-state index contributed by atoms with van der Waals surface area (Å²) < 4.78 is 34.4. The number of aliphatic hydroxyl groups is 1. The lowest BCUT2D eigenvalue weighted by Gasteiger charge is -2.34. The molecule has 160 valence electrons. The molecule has 2 aromatic heterocycles. The van der Waals surface area contributed by atoms with E-state index >= 15 is 0 Å². The highest BCUT2D eigenvalue weighted by atomic mass is 32.1. The van der Waals surface area contributed by atoms with Crippen molar-refractivity contribution in [2.24, 2.45) is 0 Å². The number of Topliss-reactive ketones (excluding diaryl/α,β-unsaturated/α-hetero) is 1. The SMILES string of the molecule is O=C(Cc1cnccc1[C@@H]1C[C@H](O)CC2(CC2)O1)c1csc(-c2c(F)cccc2F)n1. The molecule has 0 amide bonds. The topological polar surface area (TPSA) is 72.3 Å². The molecule has 3 heterocycles. The average molecular weight is 442 g/mol. The van der Waals surface area contributed by atoms with E-state index in [1.165, 1.54) is 11.4 Å². The predicted octanol–water partition coefficient (Wildman–Crippen LogP) is 4.65. The van der Waals surface area contributed by atoms with Crippen LogP contribution in [0.1, 0.15) is 53.4 Å². The molecule has 3 aromatic rings. The predicted molar refractivity (Wildman–Crippen MR) is 111 cm³/mol. The van der Waals surface area contributed by atoms with E-state index in [9.17, 15) is 18.7 Å². The van der Waals surface area contributed by atoms with Crippen LogP contribution in [0, 0.1) is 11.6 Å². The number of pyridine rings is 1. The van der Waals surface area contributed by atoms with Crippen LogP contribution in [0.3, 0.4) is 0 Å².